The highest BCUT2D eigenvalue weighted by Crippen LogP contribution is 2.22. The molecule has 1 saturated heterocycles. The molecule has 0 aliphatic carbocycles. The second-order valence-electron chi connectivity index (χ2n) is 8.01. The Bertz CT molecular complexity index is 1160. The molecule has 4 rings (SSSR count). The van der Waals surface area contributed by atoms with Gasteiger partial charge in [0.1, 0.15) is 17.4 Å². The Morgan fingerprint density at radius 1 is 1.09 bits per heavy atom. The van der Waals surface area contributed by atoms with Gasteiger partial charge in [0, 0.05) is 38.3 Å². The summed E-state index contributed by atoms with van der Waals surface area (Å²) in [7, 11) is -3.63. The first-order chi connectivity index (χ1) is 15.2. The highest BCUT2D eigenvalue weighted by Gasteiger charge is 2.30. The minimum absolute atomic E-state index is 0.0188. The van der Waals surface area contributed by atoms with Gasteiger partial charge in [0.2, 0.25) is 16.0 Å². The van der Waals surface area contributed by atoms with Crippen molar-refractivity contribution in [3.05, 3.63) is 53.8 Å². The number of hydrogen-bond donors (Lipinski definition) is 2. The van der Waals surface area contributed by atoms with Crippen LogP contribution in [0.1, 0.15) is 18.9 Å². The zero-order valence-corrected chi connectivity index (χ0v) is 18.8. The number of nitrogens with zero attached hydrogens (tertiary/aromatic N) is 4. The van der Waals surface area contributed by atoms with E-state index < -0.39 is 10.0 Å². The molecule has 0 radical (unpaired) electrons. The number of aromatic hydroxyl groups is 1. The highest BCUT2D eigenvalue weighted by molar-refractivity contribution is 7.89. The highest BCUT2D eigenvalue weighted by atomic mass is 32.2. The molecule has 170 valence electrons. The summed E-state index contributed by atoms with van der Waals surface area (Å²) in [5, 5.41) is 12.7. The third-order valence-corrected chi connectivity index (χ3v) is 7.41. The zero-order chi connectivity index (χ0) is 22.9. The maximum absolute atomic E-state index is 13.5. The van der Waals surface area contributed by atoms with E-state index >= 15 is 0 Å². The Morgan fingerprint density at radius 3 is 2.44 bits per heavy atom. The van der Waals surface area contributed by atoms with E-state index in [0.29, 0.717) is 44.1 Å². The van der Waals surface area contributed by atoms with Gasteiger partial charge in [-0.25, -0.2) is 22.8 Å². The number of anilines is 1. The van der Waals surface area contributed by atoms with Crippen molar-refractivity contribution >= 4 is 27.5 Å². The summed E-state index contributed by atoms with van der Waals surface area (Å²) < 4.78 is 40.7. The number of aryl methyl sites for hydroxylation is 1. The van der Waals surface area contributed by atoms with Gasteiger partial charge >= 0.3 is 0 Å². The van der Waals surface area contributed by atoms with Crippen molar-refractivity contribution in [3.8, 4) is 5.75 Å². The number of phenolic OH excluding ortho intramolecular Hbond substituents is 1. The van der Waals surface area contributed by atoms with Gasteiger partial charge in [0.05, 0.1) is 10.9 Å². The first kappa shape index (κ1) is 22.2. The van der Waals surface area contributed by atoms with Crippen molar-refractivity contribution in [2.75, 3.05) is 31.5 Å². The van der Waals surface area contributed by atoms with Gasteiger partial charge in [-0.2, -0.15) is 4.31 Å². The van der Waals surface area contributed by atoms with Crippen molar-refractivity contribution in [1.29, 1.82) is 0 Å². The Balaban J connectivity index is 1.44. The number of rotatable bonds is 3. The summed E-state index contributed by atoms with van der Waals surface area (Å²) in [4.78, 5) is 11.4. The fourth-order valence-electron chi connectivity index (χ4n) is 3.73. The minimum Gasteiger partial charge on any atom is -0.508 e. The predicted molar refractivity (Wildman–Crippen MR) is 122 cm³/mol. The lowest BCUT2D eigenvalue weighted by atomic mass is 10.1. The number of hydrogen-bond acceptors (Lipinski definition) is 7. The molecule has 0 aromatic heterocycles. The molecule has 2 aromatic carbocycles. The van der Waals surface area contributed by atoms with Gasteiger partial charge in [-0.3, -0.25) is 0 Å². The summed E-state index contributed by atoms with van der Waals surface area (Å²) in [6, 6.07) is 10.4. The van der Waals surface area contributed by atoms with E-state index in [1.165, 1.54) is 34.6 Å². The van der Waals surface area contributed by atoms with Crippen LogP contribution >= 0.6 is 0 Å². The van der Waals surface area contributed by atoms with Gasteiger partial charge in [0.25, 0.3) is 0 Å². The molecule has 0 amide bonds. The first-order valence-corrected chi connectivity index (χ1v) is 11.9. The molecule has 0 spiro atoms. The molecule has 1 fully saturated rings. The third kappa shape index (κ3) is 4.76. The van der Waals surface area contributed by atoms with Gasteiger partial charge in [-0.15, -0.1) is 0 Å². The van der Waals surface area contributed by atoms with Crippen LogP contribution in [0.4, 0.5) is 10.1 Å². The van der Waals surface area contributed by atoms with Crippen molar-refractivity contribution in [2.45, 2.75) is 31.2 Å². The lowest BCUT2D eigenvalue weighted by molar-refractivity contribution is 0.263. The molecule has 32 heavy (non-hydrogen) atoms. The number of aliphatic imine (C=N–C) groups is 2. The summed E-state index contributed by atoms with van der Waals surface area (Å²) in [5.41, 5.74) is 1.32. The molecule has 10 heteroatoms. The Labute approximate surface area is 187 Å². The fraction of sp³-hybridized carbons (Fsp3) is 0.364. The average Bonchev–Trinajstić information content (AvgIpc) is 2.76. The maximum atomic E-state index is 13.5. The number of halogens is 1. The number of sulfonamides is 1. The SMILES string of the molecule is Cc1cc(NC2=NC(N3CCN(S(=O)(=O)c4ccc(O)cc4)CC3)=N[C@@H](C)C2)ccc1F. The molecule has 2 aromatic rings. The lowest BCUT2D eigenvalue weighted by Gasteiger charge is -2.35. The molecule has 1 atom stereocenters. The quantitative estimate of drug-likeness (QED) is 0.736. The van der Waals surface area contributed by atoms with Crippen LogP contribution in [0.25, 0.3) is 0 Å². The van der Waals surface area contributed by atoms with E-state index in [4.69, 9.17) is 0 Å². The summed E-state index contributed by atoms with van der Waals surface area (Å²) >= 11 is 0. The van der Waals surface area contributed by atoms with E-state index in [9.17, 15) is 17.9 Å². The monoisotopic (exact) mass is 459 g/mol. The summed E-state index contributed by atoms with van der Waals surface area (Å²) in [5.74, 6) is 1.09. The molecular weight excluding hydrogens is 433 g/mol. The normalized spacial score (nSPS) is 20.0. The largest absolute Gasteiger partial charge is 0.508 e. The van der Waals surface area contributed by atoms with Crippen LogP contribution in [-0.4, -0.2) is 66.7 Å². The Morgan fingerprint density at radius 2 is 1.78 bits per heavy atom. The second kappa shape index (κ2) is 8.87. The molecular formula is C22H26FN5O3S. The smallest absolute Gasteiger partial charge is 0.243 e. The predicted octanol–water partition coefficient (Wildman–Crippen LogP) is 2.80. The second-order valence-corrected chi connectivity index (χ2v) is 9.95. The van der Waals surface area contributed by atoms with Crippen molar-refractivity contribution < 1.29 is 17.9 Å². The fourth-order valence-corrected chi connectivity index (χ4v) is 5.16. The number of guanidine groups is 1. The average molecular weight is 460 g/mol. The number of piperazine rings is 1. The molecule has 2 aliphatic rings. The number of phenols is 1. The van der Waals surface area contributed by atoms with Crippen LogP contribution in [0.15, 0.2) is 57.3 Å². The maximum Gasteiger partial charge on any atom is 0.243 e. The molecule has 2 heterocycles. The lowest BCUT2D eigenvalue weighted by Crippen LogP contribution is -2.51. The van der Waals surface area contributed by atoms with Crippen LogP contribution in [0.2, 0.25) is 0 Å². The van der Waals surface area contributed by atoms with Crippen LogP contribution in [-0.2, 0) is 10.0 Å². The molecule has 0 bridgehead atoms. The third-order valence-electron chi connectivity index (χ3n) is 5.50. The molecule has 0 unspecified atom stereocenters. The summed E-state index contributed by atoms with van der Waals surface area (Å²) in [6.45, 7) is 5.27. The number of benzene rings is 2. The van der Waals surface area contributed by atoms with E-state index in [1.54, 1.807) is 19.1 Å². The van der Waals surface area contributed by atoms with Crippen molar-refractivity contribution in [1.82, 2.24) is 9.21 Å². The molecule has 0 saturated carbocycles. The standard InChI is InChI=1S/C22H26FN5O3S/c1-15-13-17(3-8-20(15)23)25-21-14-16(2)24-22(26-21)27-9-11-28(12-10-27)32(30,31)19-6-4-18(29)5-7-19/h3-8,13,16,29H,9-12,14H2,1-2H3,(H,24,25,26)/t16-/m0/s1. The zero-order valence-electron chi connectivity index (χ0n) is 18.0. The van der Waals surface area contributed by atoms with Crippen LogP contribution < -0.4 is 5.32 Å². The van der Waals surface area contributed by atoms with Crippen molar-refractivity contribution in [2.24, 2.45) is 9.98 Å². The van der Waals surface area contributed by atoms with E-state index in [0.717, 1.165) is 11.5 Å². The van der Waals surface area contributed by atoms with Gasteiger partial charge in [-0.1, -0.05) is 0 Å². The van der Waals surface area contributed by atoms with Crippen LogP contribution in [0, 0.1) is 12.7 Å². The molecule has 8 nitrogen and oxygen atoms in total. The molecule has 2 aliphatic heterocycles. The van der Waals surface area contributed by atoms with Crippen LogP contribution in [0.5, 0.6) is 5.75 Å². The van der Waals surface area contributed by atoms with Gasteiger partial charge in [0.15, 0.2) is 0 Å². The minimum atomic E-state index is -3.63. The van der Waals surface area contributed by atoms with Gasteiger partial charge < -0.3 is 15.3 Å². The summed E-state index contributed by atoms with van der Waals surface area (Å²) in [6.07, 6.45) is 0.634. The topological polar surface area (TPSA) is 97.6 Å². The number of nitrogens with one attached hydrogen (secondary N) is 1. The Kier molecular flexibility index (Phi) is 6.16. The Hall–Kier alpha value is -2.98. The van der Waals surface area contributed by atoms with Crippen LogP contribution in [0.3, 0.4) is 0 Å². The van der Waals surface area contributed by atoms with E-state index in [-0.39, 0.29) is 22.5 Å². The number of amidine groups is 1. The van der Waals surface area contributed by atoms with E-state index in [2.05, 4.69) is 15.3 Å². The molecule has 2 N–H and O–H groups in total. The van der Waals surface area contributed by atoms with Crippen molar-refractivity contribution in [3.63, 3.8) is 0 Å². The first-order valence-electron chi connectivity index (χ1n) is 10.4. The van der Waals surface area contributed by atoms with E-state index in [1.807, 2.05) is 11.8 Å². The van der Waals surface area contributed by atoms with Gasteiger partial charge in [-0.05, 0) is 61.9 Å².